The van der Waals surface area contributed by atoms with E-state index < -0.39 is 0 Å². The lowest BCUT2D eigenvalue weighted by Crippen LogP contribution is -2.52. The molecule has 0 saturated carbocycles. The zero-order valence-corrected chi connectivity index (χ0v) is 19.6. The Hall–Kier alpha value is -3.16. The minimum atomic E-state index is -0.0590. The number of anilines is 1. The molecule has 0 aliphatic carbocycles. The third-order valence-electron chi connectivity index (χ3n) is 6.27. The molecule has 2 aromatic carbocycles. The van der Waals surface area contributed by atoms with E-state index in [-0.39, 0.29) is 24.4 Å². The van der Waals surface area contributed by atoms with E-state index in [9.17, 15) is 9.59 Å². The molecule has 1 saturated heterocycles. The lowest BCUT2D eigenvalue weighted by molar-refractivity contribution is -0.132. The zero-order valence-electron chi connectivity index (χ0n) is 19.6. The van der Waals surface area contributed by atoms with E-state index in [0.717, 1.165) is 33.5 Å². The molecular formula is C26H32N4O3. The summed E-state index contributed by atoms with van der Waals surface area (Å²) < 4.78 is 5.88. The first-order valence-electron chi connectivity index (χ1n) is 11.5. The molecule has 7 heteroatoms. The summed E-state index contributed by atoms with van der Waals surface area (Å²) in [5.74, 6) is 0.870. The number of amides is 2. The van der Waals surface area contributed by atoms with Gasteiger partial charge in [-0.1, -0.05) is 36.4 Å². The number of hydrogen-bond donors (Lipinski definition) is 2. The van der Waals surface area contributed by atoms with Crippen molar-refractivity contribution in [3.8, 4) is 0 Å². The summed E-state index contributed by atoms with van der Waals surface area (Å²) in [6.45, 7) is 9.19. The number of nitrogens with zero attached hydrogens (tertiary/aromatic N) is 2. The van der Waals surface area contributed by atoms with Crippen LogP contribution in [0.4, 0.5) is 5.69 Å². The largest absolute Gasteiger partial charge is 0.459 e. The van der Waals surface area contributed by atoms with E-state index in [1.807, 2.05) is 74.2 Å². The average molecular weight is 449 g/mol. The van der Waals surface area contributed by atoms with Crippen LogP contribution < -0.4 is 10.6 Å². The van der Waals surface area contributed by atoms with Gasteiger partial charge in [0, 0.05) is 37.3 Å². The second-order valence-corrected chi connectivity index (χ2v) is 8.76. The maximum atomic E-state index is 12.7. The quantitative estimate of drug-likeness (QED) is 0.579. The molecule has 33 heavy (non-hydrogen) atoms. The summed E-state index contributed by atoms with van der Waals surface area (Å²) in [6, 6.07) is 15.8. The van der Waals surface area contributed by atoms with Gasteiger partial charge in [-0.25, -0.2) is 0 Å². The van der Waals surface area contributed by atoms with Crippen LogP contribution in [0.15, 0.2) is 52.9 Å². The van der Waals surface area contributed by atoms with Crippen LogP contribution in [-0.2, 0) is 9.59 Å². The highest BCUT2D eigenvalue weighted by atomic mass is 16.3. The van der Waals surface area contributed by atoms with Crippen molar-refractivity contribution in [2.75, 3.05) is 44.6 Å². The SMILES string of the molecule is Cc1cccc(C)c1NC(=O)CN1CCN(C(=O)CNC(C)c2cc3ccccc3o2)CC1. The Bertz CT molecular complexity index is 1080. The molecule has 1 fully saturated rings. The lowest BCUT2D eigenvalue weighted by Gasteiger charge is -2.34. The fourth-order valence-electron chi connectivity index (χ4n) is 4.22. The van der Waals surface area contributed by atoms with Gasteiger partial charge < -0.3 is 14.6 Å². The van der Waals surface area contributed by atoms with Crippen LogP contribution in [0.3, 0.4) is 0 Å². The molecule has 174 valence electrons. The molecule has 3 aromatic rings. The van der Waals surface area contributed by atoms with Gasteiger partial charge >= 0.3 is 0 Å². The molecule has 7 nitrogen and oxygen atoms in total. The molecule has 1 aliphatic heterocycles. The van der Waals surface area contributed by atoms with Crippen LogP contribution in [0.2, 0.25) is 0 Å². The van der Waals surface area contributed by atoms with E-state index in [4.69, 9.17) is 4.42 Å². The third-order valence-corrected chi connectivity index (χ3v) is 6.27. The number of furan rings is 1. The Morgan fingerprint density at radius 1 is 1.00 bits per heavy atom. The van der Waals surface area contributed by atoms with Gasteiger partial charge in [0.1, 0.15) is 11.3 Å². The zero-order chi connectivity index (χ0) is 23.4. The predicted octanol–water partition coefficient (Wildman–Crippen LogP) is 3.48. The minimum absolute atomic E-state index is 0.0199. The molecule has 4 rings (SSSR count). The van der Waals surface area contributed by atoms with Crippen molar-refractivity contribution in [2.45, 2.75) is 26.8 Å². The summed E-state index contributed by atoms with van der Waals surface area (Å²) in [6.07, 6.45) is 0. The van der Waals surface area contributed by atoms with Crippen LogP contribution in [0, 0.1) is 13.8 Å². The minimum Gasteiger partial charge on any atom is -0.459 e. The summed E-state index contributed by atoms with van der Waals surface area (Å²) in [4.78, 5) is 29.2. The predicted molar refractivity (Wildman–Crippen MR) is 130 cm³/mol. The first kappa shape index (κ1) is 23.0. The standard InChI is InChI=1S/C26H32N4O3/c1-18-7-6-8-19(2)26(18)28-24(31)17-29-11-13-30(14-12-29)25(32)16-27-20(3)23-15-21-9-4-5-10-22(21)33-23/h4-10,15,20,27H,11-14,16-17H2,1-3H3,(H,28,31). The highest BCUT2D eigenvalue weighted by Crippen LogP contribution is 2.23. The first-order chi connectivity index (χ1) is 15.9. The monoisotopic (exact) mass is 448 g/mol. The molecular weight excluding hydrogens is 416 g/mol. The van der Waals surface area contributed by atoms with E-state index in [1.165, 1.54) is 0 Å². The number of carbonyl (C=O) groups excluding carboxylic acids is 2. The molecule has 1 aliphatic rings. The van der Waals surface area contributed by atoms with Gasteiger partial charge in [0.05, 0.1) is 19.1 Å². The Morgan fingerprint density at radius 2 is 1.70 bits per heavy atom. The molecule has 0 spiro atoms. The van der Waals surface area contributed by atoms with E-state index in [0.29, 0.717) is 32.7 Å². The van der Waals surface area contributed by atoms with Crippen molar-refractivity contribution < 1.29 is 14.0 Å². The third kappa shape index (κ3) is 5.61. The normalized spacial score (nSPS) is 15.5. The van der Waals surface area contributed by atoms with Crippen LogP contribution in [0.5, 0.6) is 0 Å². The van der Waals surface area contributed by atoms with Gasteiger partial charge in [-0.15, -0.1) is 0 Å². The Labute approximate surface area is 194 Å². The average Bonchev–Trinajstić information content (AvgIpc) is 3.25. The second kappa shape index (κ2) is 10.2. The summed E-state index contributed by atoms with van der Waals surface area (Å²) in [7, 11) is 0. The van der Waals surface area contributed by atoms with Crippen molar-refractivity contribution in [1.29, 1.82) is 0 Å². The Morgan fingerprint density at radius 3 is 2.39 bits per heavy atom. The summed E-state index contributed by atoms with van der Waals surface area (Å²) >= 11 is 0. The van der Waals surface area contributed by atoms with Gasteiger partial charge in [-0.2, -0.15) is 0 Å². The molecule has 1 aromatic heterocycles. The van der Waals surface area contributed by atoms with E-state index >= 15 is 0 Å². The van der Waals surface area contributed by atoms with Crippen molar-refractivity contribution in [3.05, 3.63) is 65.4 Å². The molecule has 1 unspecified atom stereocenters. The maximum Gasteiger partial charge on any atom is 0.238 e. The van der Waals surface area contributed by atoms with Crippen LogP contribution in [-0.4, -0.2) is 60.9 Å². The molecule has 1 atom stereocenters. The summed E-state index contributed by atoms with van der Waals surface area (Å²) in [5, 5.41) is 7.37. The lowest BCUT2D eigenvalue weighted by atomic mass is 10.1. The molecule has 2 heterocycles. The van der Waals surface area contributed by atoms with Crippen LogP contribution in [0.25, 0.3) is 11.0 Å². The number of nitrogens with one attached hydrogen (secondary N) is 2. The topological polar surface area (TPSA) is 77.8 Å². The highest BCUT2D eigenvalue weighted by molar-refractivity contribution is 5.93. The van der Waals surface area contributed by atoms with Gasteiger partial charge in [-0.05, 0) is 44.0 Å². The van der Waals surface area contributed by atoms with Crippen LogP contribution in [0.1, 0.15) is 29.9 Å². The summed E-state index contributed by atoms with van der Waals surface area (Å²) in [5.41, 5.74) is 3.86. The van der Waals surface area contributed by atoms with E-state index in [1.54, 1.807) is 0 Å². The van der Waals surface area contributed by atoms with Gasteiger partial charge in [0.15, 0.2) is 0 Å². The number of aryl methyl sites for hydroxylation is 2. The van der Waals surface area contributed by atoms with Crippen molar-refractivity contribution in [3.63, 3.8) is 0 Å². The molecule has 0 radical (unpaired) electrons. The number of piperazine rings is 1. The van der Waals surface area contributed by atoms with Gasteiger partial charge in [-0.3, -0.25) is 19.8 Å². The van der Waals surface area contributed by atoms with Crippen molar-refractivity contribution in [1.82, 2.24) is 15.1 Å². The molecule has 2 N–H and O–H groups in total. The van der Waals surface area contributed by atoms with Crippen molar-refractivity contribution in [2.24, 2.45) is 0 Å². The number of benzene rings is 2. The number of fused-ring (bicyclic) bond motifs is 1. The molecule has 2 amide bonds. The molecule has 0 bridgehead atoms. The van der Waals surface area contributed by atoms with Gasteiger partial charge in [0.25, 0.3) is 0 Å². The number of carbonyl (C=O) groups is 2. The number of para-hydroxylation sites is 2. The fourth-order valence-corrected chi connectivity index (χ4v) is 4.22. The Balaban J connectivity index is 1.21. The Kier molecular flexibility index (Phi) is 7.11. The highest BCUT2D eigenvalue weighted by Gasteiger charge is 2.23. The number of hydrogen-bond acceptors (Lipinski definition) is 5. The second-order valence-electron chi connectivity index (χ2n) is 8.76. The number of rotatable bonds is 7. The van der Waals surface area contributed by atoms with Crippen molar-refractivity contribution >= 4 is 28.5 Å². The van der Waals surface area contributed by atoms with Gasteiger partial charge in [0.2, 0.25) is 11.8 Å². The maximum absolute atomic E-state index is 12.7. The van der Waals surface area contributed by atoms with E-state index in [2.05, 4.69) is 15.5 Å². The van der Waals surface area contributed by atoms with Crippen LogP contribution >= 0.6 is 0 Å². The first-order valence-corrected chi connectivity index (χ1v) is 11.5. The fraction of sp³-hybridized carbons (Fsp3) is 0.385. The smallest absolute Gasteiger partial charge is 0.238 e.